The van der Waals surface area contributed by atoms with Gasteiger partial charge in [-0.1, -0.05) is 6.92 Å². The molecule has 1 aliphatic heterocycles. The second-order valence-electron chi connectivity index (χ2n) is 4.82. The Labute approximate surface area is 122 Å². The largest absolute Gasteiger partial charge is 0.477 e. The first kappa shape index (κ1) is 15.4. The van der Waals surface area contributed by atoms with Crippen molar-refractivity contribution >= 4 is 27.3 Å². The second kappa shape index (κ2) is 6.21. The molecule has 6 nitrogen and oxygen atoms in total. The van der Waals surface area contributed by atoms with Crippen molar-refractivity contribution < 1.29 is 18.3 Å². The van der Waals surface area contributed by atoms with Crippen LogP contribution in [0.5, 0.6) is 0 Å². The number of aromatic carboxylic acids is 1. The number of likely N-dealkylation sites (tertiary alicyclic amines) is 1. The van der Waals surface area contributed by atoms with Gasteiger partial charge >= 0.3 is 5.97 Å². The second-order valence-corrected chi connectivity index (χ2v) is 7.47. The van der Waals surface area contributed by atoms with Crippen LogP contribution in [0.2, 0.25) is 0 Å². The van der Waals surface area contributed by atoms with Gasteiger partial charge in [-0.15, -0.1) is 11.3 Å². The van der Waals surface area contributed by atoms with Gasteiger partial charge in [0.05, 0.1) is 0 Å². The quantitative estimate of drug-likeness (QED) is 0.819. The zero-order chi connectivity index (χ0) is 14.8. The predicted molar refractivity (Wildman–Crippen MR) is 76.7 cm³/mol. The normalized spacial score (nSPS) is 20.4. The number of carboxylic acid groups (broad SMARTS) is 1. The van der Waals surface area contributed by atoms with E-state index in [9.17, 15) is 13.2 Å². The number of sulfonamides is 1. The predicted octanol–water partition coefficient (Wildman–Crippen LogP) is 1.07. The molecule has 0 spiro atoms. The summed E-state index contributed by atoms with van der Waals surface area (Å²) in [5.74, 6) is -0.921. The smallest absolute Gasteiger partial charge is 0.347 e. The van der Waals surface area contributed by atoms with Crippen molar-refractivity contribution in [3.8, 4) is 0 Å². The van der Waals surface area contributed by atoms with Crippen molar-refractivity contribution in [3.05, 3.63) is 16.3 Å². The van der Waals surface area contributed by atoms with Gasteiger partial charge in [-0.05, 0) is 36.9 Å². The SMILES string of the molecule is CCN1CCC(CNS(=O)(=O)c2ccsc2C(=O)O)C1. The Balaban J connectivity index is 2.01. The van der Waals surface area contributed by atoms with Crippen LogP contribution in [0.3, 0.4) is 0 Å². The van der Waals surface area contributed by atoms with Crippen molar-refractivity contribution in [2.24, 2.45) is 5.92 Å². The number of hydrogen-bond acceptors (Lipinski definition) is 5. The summed E-state index contributed by atoms with van der Waals surface area (Å²) >= 11 is 0.920. The van der Waals surface area contributed by atoms with E-state index in [4.69, 9.17) is 5.11 Å². The van der Waals surface area contributed by atoms with Gasteiger partial charge in [0, 0.05) is 13.1 Å². The lowest BCUT2D eigenvalue weighted by Gasteiger charge is -2.13. The molecule has 1 atom stereocenters. The topological polar surface area (TPSA) is 86.7 Å². The third-order valence-electron chi connectivity index (χ3n) is 3.49. The molecule has 1 saturated heterocycles. The molecule has 1 aliphatic rings. The molecule has 112 valence electrons. The molecular weight excluding hydrogens is 300 g/mol. The lowest BCUT2D eigenvalue weighted by atomic mass is 10.1. The summed E-state index contributed by atoms with van der Waals surface area (Å²) in [6, 6.07) is 1.34. The van der Waals surface area contributed by atoms with Crippen molar-refractivity contribution in [1.82, 2.24) is 9.62 Å². The monoisotopic (exact) mass is 318 g/mol. The highest BCUT2D eigenvalue weighted by atomic mass is 32.2. The molecule has 2 rings (SSSR count). The molecule has 1 aromatic heterocycles. The molecule has 0 aromatic carbocycles. The van der Waals surface area contributed by atoms with Gasteiger partial charge in [-0.3, -0.25) is 0 Å². The third-order valence-corrected chi connectivity index (χ3v) is 5.99. The highest BCUT2D eigenvalue weighted by Crippen LogP contribution is 2.22. The Kier molecular flexibility index (Phi) is 4.79. The van der Waals surface area contributed by atoms with E-state index >= 15 is 0 Å². The minimum Gasteiger partial charge on any atom is -0.477 e. The zero-order valence-electron chi connectivity index (χ0n) is 11.2. The number of nitrogens with one attached hydrogen (secondary N) is 1. The maximum absolute atomic E-state index is 12.1. The molecule has 1 unspecified atom stereocenters. The first-order valence-electron chi connectivity index (χ1n) is 6.47. The van der Waals surface area contributed by atoms with Crippen LogP contribution in [0.25, 0.3) is 0 Å². The van der Waals surface area contributed by atoms with Crippen LogP contribution >= 0.6 is 11.3 Å². The molecule has 2 heterocycles. The highest BCUT2D eigenvalue weighted by molar-refractivity contribution is 7.89. The van der Waals surface area contributed by atoms with Gasteiger partial charge in [0.25, 0.3) is 0 Å². The van der Waals surface area contributed by atoms with Crippen LogP contribution in [0, 0.1) is 5.92 Å². The van der Waals surface area contributed by atoms with E-state index in [-0.39, 0.29) is 15.7 Å². The summed E-state index contributed by atoms with van der Waals surface area (Å²) < 4.78 is 26.8. The van der Waals surface area contributed by atoms with Crippen molar-refractivity contribution in [1.29, 1.82) is 0 Å². The van der Waals surface area contributed by atoms with Crippen LogP contribution in [0.1, 0.15) is 23.0 Å². The first-order chi connectivity index (χ1) is 9.44. The first-order valence-corrected chi connectivity index (χ1v) is 8.83. The summed E-state index contributed by atoms with van der Waals surface area (Å²) in [6.07, 6.45) is 0.964. The molecule has 0 radical (unpaired) electrons. The average molecular weight is 318 g/mol. The standard InChI is InChI=1S/C12H18N2O4S2/c1-2-14-5-3-9(8-14)7-13-20(17,18)10-4-6-19-11(10)12(15)16/h4,6,9,13H,2-3,5,7-8H2,1H3,(H,15,16). The number of thiophene rings is 1. The minimum atomic E-state index is -3.74. The molecule has 0 saturated carbocycles. The average Bonchev–Trinajstić information content (AvgIpc) is 3.05. The molecule has 20 heavy (non-hydrogen) atoms. The van der Waals surface area contributed by atoms with Gasteiger partial charge in [0.1, 0.15) is 9.77 Å². The molecule has 2 N–H and O–H groups in total. The van der Waals surface area contributed by atoms with Gasteiger partial charge in [0.2, 0.25) is 10.0 Å². The Bertz CT molecular complexity index is 582. The fourth-order valence-electron chi connectivity index (χ4n) is 2.34. The summed E-state index contributed by atoms with van der Waals surface area (Å²) in [5, 5.41) is 10.5. The summed E-state index contributed by atoms with van der Waals surface area (Å²) in [5.41, 5.74) is 0. The van der Waals surface area contributed by atoms with Crippen molar-refractivity contribution in [2.45, 2.75) is 18.2 Å². The van der Waals surface area contributed by atoms with Crippen molar-refractivity contribution in [3.63, 3.8) is 0 Å². The minimum absolute atomic E-state index is 0.139. The Hall–Kier alpha value is -0.960. The maximum Gasteiger partial charge on any atom is 0.347 e. The molecule has 1 aromatic rings. The molecule has 1 fully saturated rings. The zero-order valence-corrected chi connectivity index (χ0v) is 12.8. The van der Waals surface area contributed by atoms with E-state index < -0.39 is 16.0 Å². The Morgan fingerprint density at radius 3 is 2.95 bits per heavy atom. The number of rotatable bonds is 6. The number of carbonyl (C=O) groups is 1. The highest BCUT2D eigenvalue weighted by Gasteiger charge is 2.26. The number of hydrogen-bond donors (Lipinski definition) is 2. The van der Waals surface area contributed by atoms with E-state index in [1.54, 1.807) is 0 Å². The van der Waals surface area contributed by atoms with Gasteiger partial charge in [-0.25, -0.2) is 17.9 Å². The van der Waals surface area contributed by atoms with E-state index in [1.807, 2.05) is 0 Å². The number of carboxylic acids is 1. The lowest BCUT2D eigenvalue weighted by Crippen LogP contribution is -2.31. The summed E-state index contributed by atoms with van der Waals surface area (Å²) in [6.45, 7) is 5.28. The van der Waals surface area contributed by atoms with E-state index in [0.29, 0.717) is 6.54 Å². The maximum atomic E-state index is 12.1. The van der Waals surface area contributed by atoms with Crippen LogP contribution in [0.15, 0.2) is 16.3 Å². The Morgan fingerprint density at radius 1 is 1.60 bits per heavy atom. The van der Waals surface area contributed by atoms with Crippen LogP contribution < -0.4 is 4.72 Å². The van der Waals surface area contributed by atoms with Gasteiger partial charge < -0.3 is 10.0 Å². The third kappa shape index (κ3) is 3.38. The van der Waals surface area contributed by atoms with Crippen LogP contribution in [-0.2, 0) is 10.0 Å². The van der Waals surface area contributed by atoms with Crippen LogP contribution in [0.4, 0.5) is 0 Å². The van der Waals surface area contributed by atoms with Crippen molar-refractivity contribution in [2.75, 3.05) is 26.2 Å². The summed E-state index contributed by atoms with van der Waals surface area (Å²) in [4.78, 5) is 13.0. The molecule has 8 heteroatoms. The van der Waals surface area contributed by atoms with Crippen LogP contribution in [-0.4, -0.2) is 50.6 Å². The fourth-order valence-corrected chi connectivity index (χ4v) is 4.71. The fraction of sp³-hybridized carbons (Fsp3) is 0.583. The Morgan fingerprint density at radius 2 is 2.35 bits per heavy atom. The molecule has 0 aliphatic carbocycles. The summed E-state index contributed by atoms with van der Waals surface area (Å²) in [7, 11) is -3.74. The van der Waals surface area contributed by atoms with E-state index in [2.05, 4.69) is 16.5 Å². The van der Waals surface area contributed by atoms with Gasteiger partial charge in [0.15, 0.2) is 0 Å². The molecule has 0 amide bonds. The van der Waals surface area contributed by atoms with E-state index in [0.717, 1.165) is 37.4 Å². The number of nitrogens with zero attached hydrogens (tertiary/aromatic N) is 1. The molecule has 0 bridgehead atoms. The molecular formula is C12H18N2O4S2. The van der Waals surface area contributed by atoms with E-state index in [1.165, 1.54) is 11.4 Å². The lowest BCUT2D eigenvalue weighted by molar-refractivity contribution is 0.0698. The van der Waals surface area contributed by atoms with Gasteiger partial charge in [-0.2, -0.15) is 0 Å².